The smallest absolute Gasteiger partial charge is 0.340 e. The molecule has 0 bridgehead atoms. The minimum absolute atomic E-state index is 0.178. The predicted octanol–water partition coefficient (Wildman–Crippen LogP) is 8.06. The summed E-state index contributed by atoms with van der Waals surface area (Å²) in [5, 5.41) is 0. The van der Waals surface area contributed by atoms with Crippen LogP contribution in [0.2, 0.25) is 0 Å². The third kappa shape index (κ3) is 8.91. The molecule has 0 saturated carbocycles. The van der Waals surface area contributed by atoms with Crippen LogP contribution in [0.4, 0.5) is 10.1 Å². The fourth-order valence-corrected chi connectivity index (χ4v) is 5.60. The van der Waals surface area contributed by atoms with Crippen molar-refractivity contribution in [3.8, 4) is 16.9 Å². The van der Waals surface area contributed by atoms with Gasteiger partial charge in [-0.3, -0.25) is 4.79 Å². The van der Waals surface area contributed by atoms with Gasteiger partial charge in [-0.1, -0.05) is 38.1 Å². The molecule has 4 rings (SSSR count). The monoisotopic (exact) mass is 618 g/mol. The topological polar surface area (TPSA) is 78.0 Å². The molecule has 0 spiro atoms. The molecule has 0 amide bonds. The highest BCUT2D eigenvalue weighted by atomic mass is 19.1. The largest absolute Gasteiger partial charge is 0.493 e. The van der Waals surface area contributed by atoms with Crippen LogP contribution in [0.15, 0.2) is 48.5 Å². The summed E-state index contributed by atoms with van der Waals surface area (Å²) in [7, 11) is 0. The number of esters is 1. The third-order valence-corrected chi connectivity index (χ3v) is 7.99. The molecule has 1 fully saturated rings. The number of ether oxygens (including phenoxy) is 3. The Morgan fingerprint density at radius 2 is 1.67 bits per heavy atom. The van der Waals surface area contributed by atoms with E-state index in [1.807, 2.05) is 65.8 Å². The molecule has 45 heavy (non-hydrogen) atoms. The Kier molecular flexibility index (Phi) is 10.7. The fraction of sp³-hybridized carbons (Fsp3) is 0.486. The number of aldehydes is 1. The van der Waals surface area contributed by atoms with Gasteiger partial charge in [0.2, 0.25) is 0 Å². The Morgan fingerprint density at radius 1 is 1.04 bits per heavy atom. The lowest BCUT2D eigenvalue weighted by atomic mass is 9.81. The van der Waals surface area contributed by atoms with Crippen LogP contribution >= 0.6 is 0 Å². The molecular formula is C37H47FN2O5. The van der Waals surface area contributed by atoms with E-state index in [2.05, 4.69) is 18.7 Å². The van der Waals surface area contributed by atoms with Crippen molar-refractivity contribution in [3.05, 3.63) is 76.9 Å². The van der Waals surface area contributed by atoms with E-state index in [9.17, 15) is 14.0 Å². The first kappa shape index (κ1) is 34.1. The zero-order valence-corrected chi connectivity index (χ0v) is 27.9. The van der Waals surface area contributed by atoms with Crippen molar-refractivity contribution < 1.29 is 28.2 Å². The van der Waals surface area contributed by atoms with E-state index in [1.165, 1.54) is 12.1 Å². The second kappa shape index (κ2) is 14.1. The zero-order chi connectivity index (χ0) is 32.9. The van der Waals surface area contributed by atoms with Gasteiger partial charge in [0, 0.05) is 36.3 Å². The number of hydrogen-bond acceptors (Lipinski definition) is 7. The van der Waals surface area contributed by atoms with Gasteiger partial charge >= 0.3 is 5.97 Å². The molecule has 1 saturated heterocycles. The molecule has 1 aliphatic heterocycles. The minimum Gasteiger partial charge on any atom is -0.493 e. The number of rotatable bonds is 11. The van der Waals surface area contributed by atoms with Crippen molar-refractivity contribution in [3.63, 3.8) is 0 Å². The average Bonchev–Trinajstić information content (AvgIpc) is 2.96. The van der Waals surface area contributed by atoms with Crippen LogP contribution in [0.5, 0.6) is 5.75 Å². The summed E-state index contributed by atoms with van der Waals surface area (Å²) >= 11 is 0. The molecule has 3 aromatic rings. The van der Waals surface area contributed by atoms with Crippen LogP contribution in [0.3, 0.4) is 0 Å². The van der Waals surface area contributed by atoms with Gasteiger partial charge in [0.25, 0.3) is 0 Å². The first-order chi connectivity index (χ1) is 21.2. The van der Waals surface area contributed by atoms with Gasteiger partial charge in [-0.15, -0.1) is 0 Å². The van der Waals surface area contributed by atoms with Gasteiger partial charge < -0.3 is 19.1 Å². The first-order valence-electron chi connectivity index (χ1n) is 15.8. The van der Waals surface area contributed by atoms with Gasteiger partial charge in [-0.2, -0.15) is 0 Å². The fourth-order valence-electron chi connectivity index (χ4n) is 5.60. The molecule has 8 heteroatoms. The van der Waals surface area contributed by atoms with Crippen molar-refractivity contribution in [1.82, 2.24) is 4.98 Å². The summed E-state index contributed by atoms with van der Waals surface area (Å²) in [6, 6.07) is 14.0. The van der Waals surface area contributed by atoms with Crippen molar-refractivity contribution in [2.75, 3.05) is 24.6 Å². The minimum atomic E-state index is -1.04. The van der Waals surface area contributed by atoms with Crippen molar-refractivity contribution in [1.29, 1.82) is 0 Å². The highest BCUT2D eigenvalue weighted by Gasteiger charge is 2.38. The molecule has 2 heterocycles. The van der Waals surface area contributed by atoms with E-state index in [0.717, 1.165) is 49.0 Å². The van der Waals surface area contributed by atoms with E-state index in [4.69, 9.17) is 19.2 Å². The number of aromatic nitrogens is 1. The number of piperidine rings is 1. The van der Waals surface area contributed by atoms with Gasteiger partial charge in [0.05, 0.1) is 24.0 Å². The Labute approximate surface area is 267 Å². The van der Waals surface area contributed by atoms with Crippen molar-refractivity contribution >= 4 is 17.9 Å². The maximum atomic E-state index is 13.7. The molecule has 0 radical (unpaired) electrons. The number of carbonyl (C=O) groups excluding carboxylic acids is 2. The van der Waals surface area contributed by atoms with Crippen LogP contribution in [0.1, 0.15) is 94.7 Å². The lowest BCUT2D eigenvalue weighted by Crippen LogP contribution is -2.39. The van der Waals surface area contributed by atoms with Crippen LogP contribution in [-0.2, 0) is 20.7 Å². The molecule has 0 unspecified atom stereocenters. The molecule has 2 aromatic carbocycles. The van der Waals surface area contributed by atoms with Crippen molar-refractivity contribution in [2.45, 2.75) is 92.5 Å². The SMILES string of the molecule is Cc1nc(C=O)c(-c2ccc(OCCc3ccc(F)cc3)cc2)c(N2CCC(C)(C)CC2)c1[C@H](OC(C)(C)C)C(=O)OC(C)C. The molecule has 1 atom stereocenters. The summed E-state index contributed by atoms with van der Waals surface area (Å²) in [6.07, 6.45) is 1.94. The summed E-state index contributed by atoms with van der Waals surface area (Å²) in [4.78, 5) is 33.3. The Morgan fingerprint density at radius 3 is 2.22 bits per heavy atom. The summed E-state index contributed by atoms with van der Waals surface area (Å²) < 4.78 is 31.4. The molecule has 0 aliphatic carbocycles. The third-order valence-electron chi connectivity index (χ3n) is 7.99. The summed E-state index contributed by atoms with van der Waals surface area (Å²) in [5.74, 6) is -0.0814. The maximum absolute atomic E-state index is 13.7. The van der Waals surface area contributed by atoms with Crippen LogP contribution in [0.25, 0.3) is 11.1 Å². The number of aryl methyl sites for hydroxylation is 1. The Bertz CT molecular complexity index is 1470. The van der Waals surface area contributed by atoms with Gasteiger partial charge in [-0.25, -0.2) is 14.2 Å². The van der Waals surface area contributed by atoms with Crippen molar-refractivity contribution in [2.24, 2.45) is 5.41 Å². The number of hydrogen-bond donors (Lipinski definition) is 0. The van der Waals surface area contributed by atoms with E-state index >= 15 is 0 Å². The number of anilines is 1. The standard InChI is InChI=1S/C37H47FN2O5/c1-24(2)44-35(42)34(45-36(4,5)6)31-25(3)39-30(23-41)32(33(31)40-20-18-37(7,8)19-21-40)27-11-15-29(16-12-27)43-22-17-26-9-13-28(38)14-10-26/h9-16,23-24,34H,17-22H2,1-8H3/t34-/m0/s1. The average molecular weight is 619 g/mol. The number of carbonyl (C=O) groups is 2. The Hall–Kier alpha value is -3.78. The van der Waals surface area contributed by atoms with Crippen LogP contribution in [-0.4, -0.2) is 48.6 Å². The zero-order valence-electron chi connectivity index (χ0n) is 27.9. The molecule has 242 valence electrons. The number of pyridine rings is 1. The summed E-state index contributed by atoms with van der Waals surface area (Å²) in [6.45, 7) is 17.6. The van der Waals surface area contributed by atoms with E-state index in [-0.39, 0.29) is 17.3 Å². The quantitative estimate of drug-likeness (QED) is 0.159. The van der Waals surface area contributed by atoms with E-state index in [0.29, 0.717) is 41.3 Å². The van der Waals surface area contributed by atoms with Gasteiger partial charge in [0.15, 0.2) is 12.4 Å². The normalized spacial score (nSPS) is 15.6. The Balaban J connectivity index is 1.79. The first-order valence-corrected chi connectivity index (χ1v) is 15.8. The molecule has 1 aliphatic rings. The number of halogens is 1. The van der Waals surface area contributed by atoms with Gasteiger partial charge in [0.1, 0.15) is 17.3 Å². The molecular weight excluding hydrogens is 571 g/mol. The lowest BCUT2D eigenvalue weighted by Gasteiger charge is -2.41. The number of benzene rings is 2. The highest BCUT2D eigenvalue weighted by molar-refractivity contribution is 5.96. The van der Waals surface area contributed by atoms with Crippen LogP contribution < -0.4 is 9.64 Å². The predicted molar refractivity (Wildman–Crippen MR) is 175 cm³/mol. The lowest BCUT2D eigenvalue weighted by molar-refractivity contribution is -0.171. The van der Waals surface area contributed by atoms with E-state index < -0.39 is 17.7 Å². The second-order valence-electron chi connectivity index (χ2n) is 13.8. The summed E-state index contributed by atoms with van der Waals surface area (Å²) in [5.41, 5.74) is 4.19. The molecule has 7 nitrogen and oxygen atoms in total. The molecule has 1 aromatic heterocycles. The maximum Gasteiger partial charge on any atom is 0.340 e. The number of nitrogens with zero attached hydrogens (tertiary/aromatic N) is 2. The van der Waals surface area contributed by atoms with Gasteiger partial charge in [-0.05, 0) is 95.2 Å². The van der Waals surface area contributed by atoms with Crippen LogP contribution in [0, 0.1) is 18.2 Å². The highest BCUT2D eigenvalue weighted by Crippen LogP contribution is 2.45. The second-order valence-corrected chi connectivity index (χ2v) is 13.8. The van der Waals surface area contributed by atoms with E-state index in [1.54, 1.807) is 12.1 Å². The molecule has 0 N–H and O–H groups in total.